The molecule has 2 aromatic heterocycles. The number of H-pyrrole nitrogens is 1. The minimum absolute atomic E-state index is 0.392. The summed E-state index contributed by atoms with van der Waals surface area (Å²) in [4.78, 5) is 28.3. The largest absolute Gasteiger partial charge is 0.468 e. The number of likely N-dealkylation sites (tertiary alicyclic amines) is 1. The first-order valence-corrected chi connectivity index (χ1v) is 11.6. The molecule has 1 aliphatic heterocycles. The number of benzene rings is 1. The number of aromatic amines is 1. The summed E-state index contributed by atoms with van der Waals surface area (Å²) < 4.78 is 5.94. The molecule has 1 N–H and O–H groups in total. The Morgan fingerprint density at radius 3 is 2.59 bits per heavy atom. The van der Waals surface area contributed by atoms with E-state index in [1.165, 1.54) is 25.7 Å². The lowest BCUT2D eigenvalue weighted by atomic mass is 9.66. The summed E-state index contributed by atoms with van der Waals surface area (Å²) in [5.41, 5.74) is 1.28. The van der Waals surface area contributed by atoms with E-state index in [2.05, 4.69) is 37.9 Å². The quantitative estimate of drug-likeness (QED) is 0.592. The van der Waals surface area contributed by atoms with E-state index in [0.29, 0.717) is 11.5 Å². The van der Waals surface area contributed by atoms with Crippen molar-refractivity contribution in [1.29, 1.82) is 0 Å². The number of piperidine rings is 1. The highest BCUT2D eigenvalue weighted by atomic mass is 16.5. The van der Waals surface area contributed by atoms with E-state index >= 15 is 0 Å². The first kappa shape index (κ1) is 20.9. The molecule has 0 radical (unpaired) electrons. The minimum atomic E-state index is -0.501. The summed E-state index contributed by atoms with van der Waals surface area (Å²) in [6.45, 7) is 1.82. The molecule has 3 aromatic rings. The van der Waals surface area contributed by atoms with Gasteiger partial charge in [0.1, 0.15) is 23.5 Å². The molecule has 5 rings (SSSR count). The average molecular weight is 434 g/mol. The Morgan fingerprint density at radius 1 is 1.12 bits per heavy atom. The van der Waals surface area contributed by atoms with E-state index in [1.54, 1.807) is 6.33 Å². The van der Waals surface area contributed by atoms with Gasteiger partial charge in [0.25, 0.3) is 0 Å². The first-order valence-electron chi connectivity index (χ1n) is 11.6. The van der Waals surface area contributed by atoms with Crippen LogP contribution in [0.15, 0.2) is 48.9 Å². The third kappa shape index (κ3) is 4.09. The number of hydrogen-bond donors (Lipinski definition) is 1. The molecule has 1 saturated heterocycles. The van der Waals surface area contributed by atoms with Crippen molar-refractivity contribution < 1.29 is 9.53 Å². The predicted molar refractivity (Wildman–Crippen MR) is 125 cm³/mol. The van der Waals surface area contributed by atoms with Gasteiger partial charge in [0.05, 0.1) is 5.39 Å². The van der Waals surface area contributed by atoms with Gasteiger partial charge in [0.15, 0.2) is 6.29 Å². The number of carbonyl (C=O) groups excluding carboxylic acids is 1. The lowest BCUT2D eigenvalue weighted by Crippen LogP contribution is -2.50. The zero-order valence-corrected chi connectivity index (χ0v) is 18.6. The van der Waals surface area contributed by atoms with Crippen LogP contribution in [0.4, 0.5) is 5.82 Å². The fraction of sp³-hybridized carbons (Fsp3) is 0.480. The maximum absolute atomic E-state index is 11.7. The Labute approximate surface area is 188 Å². The fourth-order valence-corrected chi connectivity index (χ4v) is 5.49. The number of rotatable bonds is 6. The number of para-hydroxylation sites is 1. The summed E-state index contributed by atoms with van der Waals surface area (Å²) in [5.74, 6) is 1.76. The van der Waals surface area contributed by atoms with Crippen LogP contribution >= 0.6 is 0 Å². The highest BCUT2D eigenvalue weighted by Crippen LogP contribution is 2.46. The molecule has 0 unspecified atom stereocenters. The number of aldehydes is 1. The van der Waals surface area contributed by atoms with Crippen LogP contribution in [0.5, 0.6) is 5.75 Å². The Kier molecular flexibility index (Phi) is 5.83. The van der Waals surface area contributed by atoms with Crippen LogP contribution < -0.4 is 9.64 Å². The minimum Gasteiger partial charge on any atom is -0.468 e. The molecule has 2 aliphatic rings. The van der Waals surface area contributed by atoms with Crippen molar-refractivity contribution in [3.8, 4) is 5.75 Å². The lowest BCUT2D eigenvalue weighted by molar-refractivity contribution is -0.124. The van der Waals surface area contributed by atoms with Gasteiger partial charge in [-0.05, 0) is 62.1 Å². The summed E-state index contributed by atoms with van der Waals surface area (Å²) in [7, 11) is 2.16. The van der Waals surface area contributed by atoms with Crippen LogP contribution in [0.25, 0.3) is 11.0 Å². The second-order valence-electron chi connectivity index (χ2n) is 9.27. The normalized spacial score (nSPS) is 20.3. The van der Waals surface area contributed by atoms with Crippen LogP contribution in [0.3, 0.4) is 0 Å². The highest BCUT2D eigenvalue weighted by molar-refractivity contribution is 5.87. The van der Waals surface area contributed by atoms with Crippen LogP contribution in [-0.4, -0.2) is 58.5 Å². The molecular weight excluding hydrogens is 402 g/mol. The molecule has 0 bridgehead atoms. The zero-order valence-electron chi connectivity index (χ0n) is 18.6. The number of carbonyl (C=O) groups is 1. The second kappa shape index (κ2) is 8.90. The molecule has 7 nitrogen and oxygen atoms in total. The smallest absolute Gasteiger partial charge is 0.209 e. The van der Waals surface area contributed by atoms with Crippen molar-refractivity contribution in [3.05, 3.63) is 48.9 Å². The Bertz CT molecular complexity index is 1030. The lowest BCUT2D eigenvalue weighted by Gasteiger charge is -2.48. The van der Waals surface area contributed by atoms with E-state index in [0.717, 1.165) is 54.8 Å². The van der Waals surface area contributed by atoms with Crippen molar-refractivity contribution in [2.45, 2.75) is 50.8 Å². The standard InChI is InChI=1S/C25H31N5O2/c1-29(24-21-9-14-26-23(21)27-18-28-24)19-7-10-25(11-8-19)12-15-30(16-13-25)22(17-31)32-20-5-3-2-4-6-20/h2-6,9,14,17-19,22H,7-8,10-13,15-16H2,1H3,(H,26,27,28)/t22-/m0/s1. The molecule has 2 fully saturated rings. The monoisotopic (exact) mass is 433 g/mol. The molecule has 1 saturated carbocycles. The van der Waals surface area contributed by atoms with Gasteiger partial charge in [-0.2, -0.15) is 0 Å². The van der Waals surface area contributed by atoms with Crippen molar-refractivity contribution in [1.82, 2.24) is 19.9 Å². The fourth-order valence-electron chi connectivity index (χ4n) is 5.49. The van der Waals surface area contributed by atoms with Gasteiger partial charge >= 0.3 is 0 Å². The second-order valence-corrected chi connectivity index (χ2v) is 9.27. The maximum atomic E-state index is 11.7. The number of nitrogens with zero attached hydrogens (tertiary/aromatic N) is 4. The summed E-state index contributed by atoms with van der Waals surface area (Å²) >= 11 is 0. The zero-order chi connectivity index (χ0) is 22.0. The molecule has 32 heavy (non-hydrogen) atoms. The third-order valence-corrected chi connectivity index (χ3v) is 7.57. The number of anilines is 1. The van der Waals surface area contributed by atoms with Gasteiger partial charge in [-0.25, -0.2) is 9.97 Å². The molecule has 3 heterocycles. The molecule has 1 aliphatic carbocycles. The Hall–Kier alpha value is -2.93. The van der Waals surface area contributed by atoms with Crippen LogP contribution in [0.2, 0.25) is 0 Å². The van der Waals surface area contributed by atoms with Crippen molar-refractivity contribution in [3.63, 3.8) is 0 Å². The van der Waals surface area contributed by atoms with Crippen molar-refractivity contribution in [2.75, 3.05) is 25.0 Å². The SMILES string of the molecule is CN(c1ncnc2[nH]ccc12)C1CCC2(CC1)CCN([C@H](C=O)Oc1ccccc1)CC2. The number of hydrogen-bond acceptors (Lipinski definition) is 6. The molecule has 1 spiro atoms. The Balaban J connectivity index is 1.18. The van der Waals surface area contributed by atoms with E-state index < -0.39 is 6.23 Å². The molecule has 0 amide bonds. The maximum Gasteiger partial charge on any atom is 0.209 e. The van der Waals surface area contributed by atoms with Gasteiger partial charge in [0, 0.05) is 32.4 Å². The molecule has 1 aromatic carbocycles. The van der Waals surface area contributed by atoms with Crippen molar-refractivity contribution in [2.24, 2.45) is 5.41 Å². The van der Waals surface area contributed by atoms with Crippen LogP contribution in [0, 0.1) is 5.41 Å². The van der Waals surface area contributed by atoms with E-state index in [1.807, 2.05) is 36.5 Å². The van der Waals surface area contributed by atoms with E-state index in [4.69, 9.17) is 4.74 Å². The van der Waals surface area contributed by atoms with Crippen molar-refractivity contribution >= 4 is 23.1 Å². The first-order chi connectivity index (χ1) is 15.7. The van der Waals surface area contributed by atoms with Gasteiger partial charge in [-0.3, -0.25) is 9.69 Å². The number of nitrogens with one attached hydrogen (secondary N) is 1. The summed E-state index contributed by atoms with van der Waals surface area (Å²) in [5, 5.41) is 1.09. The molecule has 168 valence electrons. The van der Waals surface area contributed by atoms with Gasteiger partial charge < -0.3 is 14.6 Å². The van der Waals surface area contributed by atoms with Gasteiger partial charge in [-0.15, -0.1) is 0 Å². The highest BCUT2D eigenvalue weighted by Gasteiger charge is 2.40. The average Bonchev–Trinajstić information content (AvgIpc) is 3.33. The molecule has 1 atom stereocenters. The summed E-state index contributed by atoms with van der Waals surface area (Å²) in [6, 6.07) is 12.2. The van der Waals surface area contributed by atoms with Crippen LogP contribution in [-0.2, 0) is 4.79 Å². The van der Waals surface area contributed by atoms with Gasteiger partial charge in [0.2, 0.25) is 6.23 Å². The molecular formula is C25H31N5O2. The molecule has 7 heteroatoms. The number of fused-ring (bicyclic) bond motifs is 1. The van der Waals surface area contributed by atoms with E-state index in [-0.39, 0.29) is 0 Å². The number of ether oxygens (including phenoxy) is 1. The Morgan fingerprint density at radius 2 is 1.88 bits per heavy atom. The topological polar surface area (TPSA) is 74.4 Å². The predicted octanol–water partition coefficient (Wildman–Crippen LogP) is 4.02. The van der Waals surface area contributed by atoms with Gasteiger partial charge in [-0.1, -0.05) is 18.2 Å². The third-order valence-electron chi connectivity index (χ3n) is 7.57. The number of aromatic nitrogens is 3. The summed E-state index contributed by atoms with van der Waals surface area (Å²) in [6.07, 6.45) is 11.0. The van der Waals surface area contributed by atoms with E-state index in [9.17, 15) is 4.79 Å². The van der Waals surface area contributed by atoms with Crippen LogP contribution in [0.1, 0.15) is 38.5 Å².